The van der Waals surface area contributed by atoms with Crippen molar-refractivity contribution in [1.82, 2.24) is 0 Å². The summed E-state index contributed by atoms with van der Waals surface area (Å²) in [6.45, 7) is 8.81. The zero-order valence-corrected chi connectivity index (χ0v) is 8.09. The second-order valence-electron chi connectivity index (χ2n) is 1.60. The molecule has 2 heteroatoms. The van der Waals surface area contributed by atoms with E-state index in [2.05, 4.69) is 11.1 Å². The van der Waals surface area contributed by atoms with E-state index in [0.717, 1.165) is 0 Å². The van der Waals surface area contributed by atoms with E-state index in [1.165, 1.54) is 6.20 Å². The molecule has 0 saturated heterocycles. The summed E-state index contributed by atoms with van der Waals surface area (Å²) in [6, 6.07) is 0. The molecule has 0 unspecified atom stereocenters. The Balaban J connectivity index is 0. The molecule has 0 N–H and O–H groups in total. The van der Waals surface area contributed by atoms with Gasteiger partial charge in [-0.2, -0.15) is 12.6 Å². The van der Waals surface area contributed by atoms with Crippen molar-refractivity contribution < 1.29 is 32.7 Å². The van der Waals surface area contributed by atoms with E-state index in [9.17, 15) is 0 Å². The fraction of sp³-hybridized carbons (Fsp3) is 0.500. The van der Waals surface area contributed by atoms with Gasteiger partial charge in [-0.05, 0) is 0 Å². The molecular formula is C6H9NY-2. The van der Waals surface area contributed by atoms with Crippen molar-refractivity contribution >= 4 is 6.72 Å². The van der Waals surface area contributed by atoms with Gasteiger partial charge in [0.25, 0.3) is 0 Å². The fourth-order valence-corrected chi connectivity index (χ4v) is 0.192. The summed E-state index contributed by atoms with van der Waals surface area (Å²) < 4.78 is 0. The van der Waals surface area contributed by atoms with Gasteiger partial charge in [0.1, 0.15) is 0 Å². The van der Waals surface area contributed by atoms with Crippen LogP contribution in [0, 0.1) is 12.0 Å². The third-order valence-electron chi connectivity index (χ3n) is 0.482. The number of hydrogen-bond acceptors (Lipinski definition) is 1. The Morgan fingerprint density at radius 1 is 1.62 bits per heavy atom. The third kappa shape index (κ3) is 9.72. The van der Waals surface area contributed by atoms with E-state index in [1.807, 2.05) is 13.8 Å². The molecule has 0 rings (SSSR count). The van der Waals surface area contributed by atoms with Gasteiger partial charge in [0.15, 0.2) is 0 Å². The van der Waals surface area contributed by atoms with Crippen LogP contribution in [0.15, 0.2) is 11.2 Å². The molecule has 0 atom stereocenters. The summed E-state index contributed by atoms with van der Waals surface area (Å²) in [5, 5.41) is 0. The first-order valence-electron chi connectivity index (χ1n) is 2.25. The van der Waals surface area contributed by atoms with Crippen LogP contribution in [-0.2, 0) is 32.7 Å². The predicted molar refractivity (Wildman–Crippen MR) is 31.1 cm³/mol. The van der Waals surface area contributed by atoms with E-state index in [1.54, 1.807) is 0 Å². The number of hydrogen-bond donors (Lipinski definition) is 0. The molecule has 0 aromatic rings. The molecule has 0 aromatic carbocycles. The molecule has 0 saturated carbocycles. The van der Waals surface area contributed by atoms with Crippen molar-refractivity contribution in [3.05, 3.63) is 12.3 Å². The molecule has 43 valence electrons. The Kier molecular flexibility index (Phi) is 10.6. The average Bonchev–Trinajstić information content (AvgIpc) is 1.61. The number of allylic oxidation sites excluding steroid dienone is 1. The second-order valence-corrected chi connectivity index (χ2v) is 1.60. The van der Waals surface area contributed by atoms with Crippen molar-refractivity contribution in [2.75, 3.05) is 0 Å². The van der Waals surface area contributed by atoms with Crippen LogP contribution in [0.25, 0.3) is 0 Å². The summed E-state index contributed by atoms with van der Waals surface area (Å²) in [7, 11) is 0. The van der Waals surface area contributed by atoms with Gasteiger partial charge in [0, 0.05) is 32.7 Å². The molecule has 0 spiro atoms. The molecule has 0 aliphatic heterocycles. The fourth-order valence-electron chi connectivity index (χ4n) is 0.192. The Hall–Kier alpha value is 0.514. The number of rotatable bonds is 2. The van der Waals surface area contributed by atoms with Crippen LogP contribution in [0.3, 0.4) is 0 Å². The number of nitrogens with zero attached hydrogens (tertiary/aromatic N) is 1. The van der Waals surface area contributed by atoms with Crippen molar-refractivity contribution in [3.8, 4) is 0 Å². The standard InChI is InChI=1S/C6H9N.Y/c1-6(2)4-5-7-3;/h3,5-6H,1-2H3;/q-2;. The molecule has 1 radical (unpaired) electrons. The minimum atomic E-state index is 0. The minimum Gasteiger partial charge on any atom is -0.581 e. The van der Waals surface area contributed by atoms with Crippen LogP contribution in [0.5, 0.6) is 0 Å². The van der Waals surface area contributed by atoms with Crippen LogP contribution >= 0.6 is 0 Å². The topological polar surface area (TPSA) is 12.4 Å². The van der Waals surface area contributed by atoms with Crippen LogP contribution < -0.4 is 0 Å². The Bertz CT molecular complexity index is 76.6. The summed E-state index contributed by atoms with van der Waals surface area (Å²) >= 11 is 0. The minimum absolute atomic E-state index is 0. The smallest absolute Gasteiger partial charge is 0 e. The SMILES string of the molecule is [CH-]=NC=[C-]C(C)C.[Y]. The van der Waals surface area contributed by atoms with Crippen LogP contribution in [0.1, 0.15) is 13.8 Å². The Morgan fingerprint density at radius 2 is 2.12 bits per heavy atom. The van der Waals surface area contributed by atoms with Gasteiger partial charge in [0.05, 0.1) is 0 Å². The van der Waals surface area contributed by atoms with Gasteiger partial charge < -0.3 is 17.3 Å². The van der Waals surface area contributed by atoms with Crippen LogP contribution in [-0.4, -0.2) is 6.72 Å². The Labute approximate surface area is 76.2 Å². The largest absolute Gasteiger partial charge is 0.581 e. The molecule has 8 heavy (non-hydrogen) atoms. The van der Waals surface area contributed by atoms with Crippen molar-refractivity contribution in [2.45, 2.75) is 13.8 Å². The van der Waals surface area contributed by atoms with Crippen LogP contribution in [0.4, 0.5) is 0 Å². The van der Waals surface area contributed by atoms with Gasteiger partial charge in [-0.15, -0.1) is 0 Å². The first-order chi connectivity index (χ1) is 3.27. The zero-order chi connectivity index (χ0) is 5.70. The van der Waals surface area contributed by atoms with E-state index >= 15 is 0 Å². The molecule has 0 amide bonds. The van der Waals surface area contributed by atoms with Gasteiger partial charge >= 0.3 is 0 Å². The maximum Gasteiger partial charge on any atom is 0 e. The first-order valence-corrected chi connectivity index (χ1v) is 2.25. The van der Waals surface area contributed by atoms with Crippen molar-refractivity contribution in [2.24, 2.45) is 10.9 Å². The van der Waals surface area contributed by atoms with E-state index in [-0.39, 0.29) is 32.7 Å². The van der Waals surface area contributed by atoms with Gasteiger partial charge in [-0.1, -0.05) is 13.8 Å². The van der Waals surface area contributed by atoms with E-state index in [0.29, 0.717) is 5.92 Å². The first kappa shape index (κ1) is 11.3. The maximum absolute atomic E-state index is 4.78. The molecule has 0 aromatic heterocycles. The normalized spacial score (nSPS) is 9.38. The summed E-state index contributed by atoms with van der Waals surface area (Å²) in [6.07, 6.45) is 4.36. The van der Waals surface area contributed by atoms with Crippen molar-refractivity contribution in [1.29, 1.82) is 0 Å². The Morgan fingerprint density at radius 3 is 2.25 bits per heavy atom. The molecule has 1 nitrogen and oxygen atoms in total. The molecule has 0 aliphatic rings. The maximum atomic E-state index is 4.78. The molecule has 0 fully saturated rings. The summed E-state index contributed by atoms with van der Waals surface area (Å²) in [5.41, 5.74) is 0. The third-order valence-corrected chi connectivity index (χ3v) is 0.482. The quantitative estimate of drug-likeness (QED) is 0.455. The zero-order valence-electron chi connectivity index (χ0n) is 5.26. The van der Waals surface area contributed by atoms with Crippen molar-refractivity contribution in [3.63, 3.8) is 0 Å². The molecule has 0 heterocycles. The van der Waals surface area contributed by atoms with Gasteiger partial charge in [0.2, 0.25) is 0 Å². The molecular weight excluding hydrogens is 175 g/mol. The molecule has 0 bridgehead atoms. The predicted octanol–water partition coefficient (Wildman–Crippen LogP) is 1.53. The van der Waals surface area contributed by atoms with Gasteiger partial charge in [-0.3, -0.25) is 0 Å². The van der Waals surface area contributed by atoms with E-state index < -0.39 is 0 Å². The van der Waals surface area contributed by atoms with E-state index in [4.69, 9.17) is 6.72 Å². The van der Waals surface area contributed by atoms with Gasteiger partial charge in [-0.25, -0.2) is 0 Å². The average molecular weight is 184 g/mol. The summed E-state index contributed by atoms with van der Waals surface area (Å²) in [5.74, 6) is 0.423. The number of aliphatic imine (C=N–C) groups is 1. The monoisotopic (exact) mass is 184 g/mol. The molecule has 0 aliphatic carbocycles. The summed E-state index contributed by atoms with van der Waals surface area (Å²) in [4.78, 5) is 3.24. The van der Waals surface area contributed by atoms with Crippen LogP contribution in [0.2, 0.25) is 0 Å². The second kappa shape index (κ2) is 7.51.